The van der Waals surface area contributed by atoms with E-state index >= 15 is 0 Å². The Morgan fingerprint density at radius 1 is 0.756 bits per heavy atom. The lowest BCUT2D eigenvalue weighted by Gasteiger charge is -2.25. The number of anilines is 1. The standard InChI is InChI=1S/C31H30ClN5O4/c32-28-25-29(36-31(33)35-28)37(20-34-25)30-27(40-18-23-14-8-3-9-15-23)26(39-17-22-12-6-2-7-13-22)24(41-30)19-38-16-21-10-4-1-5-11-21/h1-15,20,24,26-27,30H,16-19H2,(H2,33,35,36)/t24-,26-,27+,30-/m1/s1. The molecule has 2 N–H and O–H groups in total. The highest BCUT2D eigenvalue weighted by molar-refractivity contribution is 6.33. The second kappa shape index (κ2) is 12.8. The second-order valence-electron chi connectivity index (χ2n) is 9.78. The molecule has 9 nitrogen and oxygen atoms in total. The highest BCUT2D eigenvalue weighted by Gasteiger charge is 2.48. The average molecular weight is 572 g/mol. The highest BCUT2D eigenvalue weighted by Crippen LogP contribution is 2.37. The molecular formula is C31H30ClN5O4. The fraction of sp³-hybridized carbons (Fsp3) is 0.258. The van der Waals surface area contributed by atoms with Crippen LogP contribution in [0.2, 0.25) is 5.15 Å². The summed E-state index contributed by atoms with van der Waals surface area (Å²) >= 11 is 6.34. The largest absolute Gasteiger partial charge is 0.374 e. The van der Waals surface area contributed by atoms with E-state index in [9.17, 15) is 0 Å². The first kappa shape index (κ1) is 27.3. The number of nitrogen functional groups attached to an aromatic ring is 1. The molecular weight excluding hydrogens is 542 g/mol. The molecule has 2 aromatic heterocycles. The zero-order valence-electron chi connectivity index (χ0n) is 22.3. The first-order valence-electron chi connectivity index (χ1n) is 13.4. The fourth-order valence-electron chi connectivity index (χ4n) is 4.93. The quantitative estimate of drug-likeness (QED) is 0.212. The third-order valence-corrected chi connectivity index (χ3v) is 7.18. The lowest BCUT2D eigenvalue weighted by Crippen LogP contribution is -2.38. The molecule has 1 fully saturated rings. The van der Waals surface area contributed by atoms with E-state index in [2.05, 4.69) is 15.0 Å². The summed E-state index contributed by atoms with van der Waals surface area (Å²) in [5.74, 6) is 0.0450. The number of fused-ring (bicyclic) bond motifs is 1. The lowest BCUT2D eigenvalue weighted by atomic mass is 10.1. The summed E-state index contributed by atoms with van der Waals surface area (Å²) in [4.78, 5) is 12.9. The number of nitrogens with zero attached hydrogens (tertiary/aromatic N) is 4. The van der Waals surface area contributed by atoms with Crippen LogP contribution in [0.4, 0.5) is 5.95 Å². The smallest absolute Gasteiger partial charge is 0.223 e. The van der Waals surface area contributed by atoms with Crippen molar-refractivity contribution in [2.45, 2.75) is 44.4 Å². The van der Waals surface area contributed by atoms with Crippen molar-refractivity contribution in [2.75, 3.05) is 12.3 Å². The maximum Gasteiger partial charge on any atom is 0.223 e. The summed E-state index contributed by atoms with van der Waals surface area (Å²) in [6.45, 7) is 1.48. The van der Waals surface area contributed by atoms with Gasteiger partial charge >= 0.3 is 0 Å². The van der Waals surface area contributed by atoms with Crippen LogP contribution in [0.15, 0.2) is 97.3 Å². The maximum absolute atomic E-state index is 6.64. The van der Waals surface area contributed by atoms with Gasteiger partial charge in [-0.3, -0.25) is 4.57 Å². The minimum atomic E-state index is -0.639. The van der Waals surface area contributed by atoms with Crippen LogP contribution >= 0.6 is 11.6 Å². The second-order valence-corrected chi connectivity index (χ2v) is 10.1. The Morgan fingerprint density at radius 2 is 1.32 bits per heavy atom. The molecule has 0 bridgehead atoms. The molecule has 1 aliphatic rings. The lowest BCUT2D eigenvalue weighted by molar-refractivity contribution is -0.0913. The van der Waals surface area contributed by atoms with Crippen LogP contribution in [0, 0.1) is 0 Å². The Morgan fingerprint density at radius 3 is 1.93 bits per heavy atom. The minimum Gasteiger partial charge on any atom is -0.374 e. The van der Waals surface area contributed by atoms with Crippen LogP contribution in [0.5, 0.6) is 0 Å². The van der Waals surface area contributed by atoms with Gasteiger partial charge in [-0.25, -0.2) is 4.98 Å². The Hall–Kier alpha value is -3.86. The zero-order valence-corrected chi connectivity index (χ0v) is 23.0. The molecule has 0 spiro atoms. The third-order valence-electron chi connectivity index (χ3n) is 6.92. The van der Waals surface area contributed by atoms with E-state index in [1.807, 2.05) is 91.0 Å². The van der Waals surface area contributed by atoms with Gasteiger partial charge in [-0.2, -0.15) is 9.97 Å². The van der Waals surface area contributed by atoms with Gasteiger partial charge in [0, 0.05) is 0 Å². The van der Waals surface area contributed by atoms with E-state index in [0.717, 1.165) is 16.7 Å². The van der Waals surface area contributed by atoms with Crippen molar-refractivity contribution in [3.05, 3.63) is 119 Å². The summed E-state index contributed by atoms with van der Waals surface area (Å²) in [7, 11) is 0. The average Bonchev–Trinajstić information content (AvgIpc) is 3.57. The molecule has 5 aromatic rings. The van der Waals surface area contributed by atoms with Crippen molar-refractivity contribution in [1.82, 2.24) is 19.5 Å². The van der Waals surface area contributed by atoms with Gasteiger partial charge in [0.2, 0.25) is 5.95 Å². The summed E-state index contributed by atoms with van der Waals surface area (Å²) in [6.07, 6.45) is -0.459. The third kappa shape index (κ3) is 6.40. The van der Waals surface area contributed by atoms with Crippen molar-refractivity contribution >= 4 is 28.7 Å². The number of benzene rings is 3. The van der Waals surface area contributed by atoms with E-state index in [4.69, 9.17) is 36.3 Å². The Bertz CT molecular complexity index is 1550. The molecule has 0 unspecified atom stereocenters. The molecule has 210 valence electrons. The highest BCUT2D eigenvalue weighted by atomic mass is 35.5. The molecule has 3 aromatic carbocycles. The van der Waals surface area contributed by atoms with E-state index in [0.29, 0.717) is 37.6 Å². The van der Waals surface area contributed by atoms with Gasteiger partial charge in [0.1, 0.15) is 23.8 Å². The molecule has 3 heterocycles. The molecule has 0 saturated carbocycles. The van der Waals surface area contributed by atoms with E-state index < -0.39 is 24.5 Å². The van der Waals surface area contributed by atoms with Crippen LogP contribution in [0.25, 0.3) is 11.2 Å². The number of ether oxygens (including phenoxy) is 4. The number of hydrogen-bond acceptors (Lipinski definition) is 8. The van der Waals surface area contributed by atoms with Crippen LogP contribution in [0.3, 0.4) is 0 Å². The molecule has 41 heavy (non-hydrogen) atoms. The first-order valence-corrected chi connectivity index (χ1v) is 13.8. The predicted molar refractivity (Wildman–Crippen MR) is 155 cm³/mol. The van der Waals surface area contributed by atoms with Crippen LogP contribution in [-0.2, 0) is 38.8 Å². The summed E-state index contributed by atoms with van der Waals surface area (Å²) in [5, 5.41) is 0.172. The summed E-state index contributed by atoms with van der Waals surface area (Å²) in [6, 6.07) is 30.0. The topological polar surface area (TPSA) is 107 Å². The summed E-state index contributed by atoms with van der Waals surface area (Å²) in [5.41, 5.74) is 9.97. The van der Waals surface area contributed by atoms with Crippen molar-refractivity contribution < 1.29 is 18.9 Å². The van der Waals surface area contributed by atoms with Gasteiger partial charge in [0.05, 0.1) is 32.8 Å². The Balaban J connectivity index is 1.31. The van der Waals surface area contributed by atoms with Crippen molar-refractivity contribution in [3.8, 4) is 0 Å². The molecule has 0 amide bonds. The van der Waals surface area contributed by atoms with Gasteiger partial charge in [-0.1, -0.05) is 103 Å². The van der Waals surface area contributed by atoms with Gasteiger partial charge in [0.25, 0.3) is 0 Å². The molecule has 1 saturated heterocycles. The van der Waals surface area contributed by atoms with Gasteiger partial charge in [0.15, 0.2) is 17.0 Å². The monoisotopic (exact) mass is 571 g/mol. The molecule has 10 heteroatoms. The molecule has 0 radical (unpaired) electrons. The van der Waals surface area contributed by atoms with Crippen LogP contribution in [-0.4, -0.2) is 44.4 Å². The Kier molecular flexibility index (Phi) is 8.50. The predicted octanol–water partition coefficient (Wildman–Crippen LogP) is 5.35. The Labute approximate surface area is 242 Å². The maximum atomic E-state index is 6.64. The van der Waals surface area contributed by atoms with Crippen molar-refractivity contribution in [3.63, 3.8) is 0 Å². The van der Waals surface area contributed by atoms with Crippen LogP contribution < -0.4 is 5.73 Å². The first-order chi connectivity index (χ1) is 20.2. The van der Waals surface area contributed by atoms with Crippen molar-refractivity contribution in [2.24, 2.45) is 0 Å². The number of hydrogen-bond donors (Lipinski definition) is 1. The molecule has 4 atom stereocenters. The number of rotatable bonds is 11. The van der Waals surface area contributed by atoms with Gasteiger partial charge < -0.3 is 24.7 Å². The number of halogens is 1. The van der Waals surface area contributed by atoms with Crippen molar-refractivity contribution in [1.29, 1.82) is 0 Å². The SMILES string of the molecule is Nc1nc(Cl)c2ncn([C@@H]3O[C@H](COCc4ccccc4)[C@@H](OCc4ccccc4)[C@@H]3OCc3ccccc3)c2n1. The van der Waals surface area contributed by atoms with Gasteiger partial charge in [-0.15, -0.1) is 0 Å². The zero-order chi connectivity index (χ0) is 28.0. The number of nitrogens with two attached hydrogens (primary N) is 1. The molecule has 6 rings (SSSR count). The van der Waals surface area contributed by atoms with E-state index in [-0.39, 0.29) is 11.1 Å². The molecule has 1 aliphatic heterocycles. The number of imidazole rings is 1. The van der Waals surface area contributed by atoms with E-state index in [1.165, 1.54) is 0 Å². The van der Waals surface area contributed by atoms with Crippen LogP contribution in [0.1, 0.15) is 22.9 Å². The van der Waals surface area contributed by atoms with Gasteiger partial charge in [-0.05, 0) is 16.7 Å². The molecule has 0 aliphatic carbocycles. The fourth-order valence-corrected chi connectivity index (χ4v) is 5.15. The minimum absolute atomic E-state index is 0.0450. The van der Waals surface area contributed by atoms with E-state index in [1.54, 1.807) is 10.9 Å². The normalized spacial score (nSPS) is 20.5. The number of aromatic nitrogens is 4. The summed E-state index contributed by atoms with van der Waals surface area (Å²) < 4.78 is 27.7.